The van der Waals surface area contributed by atoms with E-state index < -0.39 is 0 Å². The van der Waals surface area contributed by atoms with Gasteiger partial charge in [-0.25, -0.2) is 4.39 Å². The Balaban J connectivity index is 2.05. The molecule has 1 unspecified atom stereocenters. The lowest BCUT2D eigenvalue weighted by Gasteiger charge is -2.24. The highest BCUT2D eigenvalue weighted by atomic mass is 19.1. The van der Waals surface area contributed by atoms with Crippen molar-refractivity contribution < 1.29 is 4.39 Å². The third kappa shape index (κ3) is 2.28. The van der Waals surface area contributed by atoms with Gasteiger partial charge in [0.2, 0.25) is 0 Å². The Morgan fingerprint density at radius 2 is 2.16 bits per heavy atom. The van der Waals surface area contributed by atoms with E-state index in [1.54, 1.807) is 12.3 Å². The van der Waals surface area contributed by atoms with Gasteiger partial charge in [-0.15, -0.1) is 0 Å². The monoisotopic (exact) mass is 259 g/mol. The van der Waals surface area contributed by atoms with E-state index in [0.29, 0.717) is 11.5 Å². The zero-order chi connectivity index (χ0) is 13.2. The number of aryl methyl sites for hydroxylation is 1. The van der Waals surface area contributed by atoms with Crippen molar-refractivity contribution in [1.29, 1.82) is 0 Å². The summed E-state index contributed by atoms with van der Waals surface area (Å²) in [5.74, 6) is 0.233. The number of nitrogens with zero attached hydrogens (tertiary/aromatic N) is 2. The minimum Gasteiger partial charge on any atom is -0.316 e. The number of rotatable bonds is 2. The largest absolute Gasteiger partial charge is 0.316 e. The van der Waals surface area contributed by atoms with Crippen LogP contribution < -0.4 is 5.32 Å². The van der Waals surface area contributed by atoms with Gasteiger partial charge >= 0.3 is 0 Å². The van der Waals surface area contributed by atoms with Crippen LogP contribution in [0, 0.1) is 5.82 Å². The normalized spacial score (nSPS) is 19.6. The lowest BCUT2D eigenvalue weighted by Crippen LogP contribution is -2.29. The molecule has 1 N–H and O–H groups in total. The molecule has 3 rings (SSSR count). The van der Waals surface area contributed by atoms with Gasteiger partial charge in [0.25, 0.3) is 0 Å². The Morgan fingerprint density at radius 1 is 1.32 bits per heavy atom. The first-order valence-electron chi connectivity index (χ1n) is 6.75. The van der Waals surface area contributed by atoms with E-state index in [-0.39, 0.29) is 5.82 Å². The Kier molecular flexibility index (Phi) is 3.34. The summed E-state index contributed by atoms with van der Waals surface area (Å²) >= 11 is 0. The predicted octanol–water partition coefficient (Wildman–Crippen LogP) is 2.69. The molecule has 1 aliphatic heterocycles. The molecule has 1 aromatic carbocycles. The first-order chi connectivity index (χ1) is 9.27. The van der Waals surface area contributed by atoms with Crippen molar-refractivity contribution in [2.75, 3.05) is 13.1 Å². The number of piperidine rings is 1. The maximum atomic E-state index is 14.0. The third-order valence-electron chi connectivity index (χ3n) is 3.83. The quantitative estimate of drug-likeness (QED) is 0.898. The van der Waals surface area contributed by atoms with E-state index in [2.05, 4.69) is 10.4 Å². The van der Waals surface area contributed by atoms with Crippen molar-refractivity contribution >= 4 is 0 Å². The Morgan fingerprint density at radius 3 is 2.89 bits per heavy atom. The van der Waals surface area contributed by atoms with Crippen molar-refractivity contribution in [1.82, 2.24) is 15.1 Å². The van der Waals surface area contributed by atoms with Gasteiger partial charge in [0.05, 0.1) is 11.9 Å². The summed E-state index contributed by atoms with van der Waals surface area (Å²) in [6.45, 7) is 2.02. The van der Waals surface area contributed by atoms with Crippen molar-refractivity contribution in [3.8, 4) is 11.1 Å². The van der Waals surface area contributed by atoms with Gasteiger partial charge in [0.1, 0.15) is 5.82 Å². The maximum absolute atomic E-state index is 14.0. The first-order valence-corrected chi connectivity index (χ1v) is 6.75. The van der Waals surface area contributed by atoms with Crippen LogP contribution >= 0.6 is 0 Å². The molecule has 0 saturated carbocycles. The Hall–Kier alpha value is -1.68. The van der Waals surface area contributed by atoms with Gasteiger partial charge in [-0.1, -0.05) is 18.2 Å². The lowest BCUT2D eigenvalue weighted by atomic mass is 9.91. The van der Waals surface area contributed by atoms with E-state index in [0.717, 1.165) is 37.2 Å². The number of halogens is 1. The molecule has 3 nitrogen and oxygen atoms in total. The number of nitrogens with one attached hydrogen (secondary N) is 1. The van der Waals surface area contributed by atoms with Gasteiger partial charge in [0, 0.05) is 30.6 Å². The number of hydrogen-bond donors (Lipinski definition) is 1. The molecule has 0 spiro atoms. The van der Waals surface area contributed by atoms with Gasteiger partial charge in [0.15, 0.2) is 0 Å². The highest BCUT2D eigenvalue weighted by molar-refractivity contribution is 5.66. The average molecular weight is 259 g/mol. The van der Waals surface area contributed by atoms with Crippen LogP contribution in [0.15, 0.2) is 30.5 Å². The van der Waals surface area contributed by atoms with Crippen LogP contribution in [-0.4, -0.2) is 22.9 Å². The second kappa shape index (κ2) is 5.13. The van der Waals surface area contributed by atoms with Crippen LogP contribution in [0.4, 0.5) is 4.39 Å². The molecule has 1 aromatic heterocycles. The first kappa shape index (κ1) is 12.4. The molecule has 0 bridgehead atoms. The molecule has 2 heterocycles. The van der Waals surface area contributed by atoms with E-state index >= 15 is 0 Å². The molecule has 4 heteroatoms. The summed E-state index contributed by atoms with van der Waals surface area (Å²) in [5.41, 5.74) is 2.71. The van der Waals surface area contributed by atoms with Crippen LogP contribution in [0.3, 0.4) is 0 Å². The van der Waals surface area contributed by atoms with Crippen LogP contribution in [-0.2, 0) is 7.05 Å². The summed E-state index contributed by atoms with van der Waals surface area (Å²) < 4.78 is 15.9. The zero-order valence-corrected chi connectivity index (χ0v) is 11.1. The summed E-state index contributed by atoms with van der Waals surface area (Å²) in [6, 6.07) is 6.92. The Bertz CT molecular complexity index is 571. The SMILES string of the molecule is Cn1ncc(-c2ccccc2F)c1C1CCCNC1. The van der Waals surface area contributed by atoms with Crippen LogP contribution in [0.5, 0.6) is 0 Å². The number of hydrogen-bond acceptors (Lipinski definition) is 2. The average Bonchev–Trinajstić information content (AvgIpc) is 2.82. The molecule has 0 aliphatic carbocycles. The topological polar surface area (TPSA) is 29.9 Å². The molecule has 0 radical (unpaired) electrons. The van der Waals surface area contributed by atoms with Crippen molar-refractivity contribution in [3.63, 3.8) is 0 Å². The molecule has 0 amide bonds. The highest BCUT2D eigenvalue weighted by Gasteiger charge is 2.23. The fraction of sp³-hybridized carbons (Fsp3) is 0.400. The van der Waals surface area contributed by atoms with E-state index in [1.165, 1.54) is 6.07 Å². The summed E-state index contributed by atoms with van der Waals surface area (Å²) in [6.07, 6.45) is 4.07. The fourth-order valence-corrected chi connectivity index (χ4v) is 2.90. The van der Waals surface area contributed by atoms with Crippen molar-refractivity contribution in [2.45, 2.75) is 18.8 Å². The van der Waals surface area contributed by atoms with Crippen LogP contribution in [0.25, 0.3) is 11.1 Å². The molecule has 100 valence electrons. The second-order valence-electron chi connectivity index (χ2n) is 5.09. The highest BCUT2D eigenvalue weighted by Crippen LogP contribution is 2.33. The van der Waals surface area contributed by atoms with Gasteiger partial charge in [-0.2, -0.15) is 5.10 Å². The number of aromatic nitrogens is 2. The van der Waals surface area contributed by atoms with Crippen molar-refractivity contribution in [3.05, 3.63) is 42.0 Å². The minimum atomic E-state index is -0.180. The number of benzene rings is 1. The Labute approximate surface area is 112 Å². The minimum absolute atomic E-state index is 0.180. The molecule has 19 heavy (non-hydrogen) atoms. The molecular formula is C15H18FN3. The second-order valence-corrected chi connectivity index (χ2v) is 5.09. The van der Waals surface area contributed by atoms with Gasteiger partial charge < -0.3 is 5.32 Å². The van der Waals surface area contributed by atoms with E-state index in [9.17, 15) is 4.39 Å². The van der Waals surface area contributed by atoms with E-state index in [1.807, 2.05) is 23.9 Å². The molecule has 1 aliphatic rings. The molecular weight excluding hydrogens is 241 g/mol. The maximum Gasteiger partial charge on any atom is 0.131 e. The van der Waals surface area contributed by atoms with Gasteiger partial charge in [-0.05, 0) is 25.5 Å². The zero-order valence-electron chi connectivity index (χ0n) is 11.1. The summed E-state index contributed by atoms with van der Waals surface area (Å²) in [7, 11) is 1.94. The molecule has 1 atom stereocenters. The standard InChI is InChI=1S/C15H18FN3/c1-19-15(11-5-4-8-17-9-11)13(10-18-19)12-6-2-3-7-14(12)16/h2-3,6-7,10-11,17H,4-5,8-9H2,1H3. The van der Waals surface area contributed by atoms with Crippen molar-refractivity contribution in [2.24, 2.45) is 7.05 Å². The molecule has 1 fully saturated rings. The fourth-order valence-electron chi connectivity index (χ4n) is 2.90. The predicted molar refractivity (Wildman–Crippen MR) is 73.4 cm³/mol. The molecule has 1 saturated heterocycles. The van der Waals surface area contributed by atoms with Crippen LogP contribution in [0.2, 0.25) is 0 Å². The lowest BCUT2D eigenvalue weighted by molar-refractivity contribution is 0.442. The van der Waals surface area contributed by atoms with Crippen LogP contribution in [0.1, 0.15) is 24.5 Å². The summed E-state index contributed by atoms with van der Waals surface area (Å²) in [4.78, 5) is 0. The third-order valence-corrected chi connectivity index (χ3v) is 3.83. The molecule has 2 aromatic rings. The van der Waals surface area contributed by atoms with Gasteiger partial charge in [-0.3, -0.25) is 4.68 Å². The smallest absolute Gasteiger partial charge is 0.131 e. The van der Waals surface area contributed by atoms with E-state index in [4.69, 9.17) is 0 Å². The summed E-state index contributed by atoms with van der Waals surface area (Å²) in [5, 5.41) is 7.74.